The minimum atomic E-state index is -0.306. The van der Waals surface area contributed by atoms with Crippen molar-refractivity contribution in [3.8, 4) is 0 Å². The van der Waals surface area contributed by atoms with Crippen LogP contribution in [-0.2, 0) is 11.3 Å². The van der Waals surface area contributed by atoms with Gasteiger partial charge in [0.1, 0.15) is 6.54 Å². The summed E-state index contributed by atoms with van der Waals surface area (Å²) >= 11 is 0. The number of nitrogens with one attached hydrogen (secondary N) is 2. The molecule has 1 aromatic heterocycles. The highest BCUT2D eigenvalue weighted by Crippen LogP contribution is 2.10. The van der Waals surface area contributed by atoms with Gasteiger partial charge in [-0.1, -0.05) is 30.3 Å². The lowest BCUT2D eigenvalue weighted by molar-refractivity contribution is -0.122. The Balaban J connectivity index is 1.88. The zero-order chi connectivity index (χ0) is 16.8. The Labute approximate surface area is 134 Å². The number of carbonyl (C=O) groups excluding carboxylic acids is 2. The maximum absolute atomic E-state index is 12.0. The van der Waals surface area contributed by atoms with Gasteiger partial charge in [0, 0.05) is 14.1 Å². The van der Waals surface area contributed by atoms with Crippen LogP contribution in [0.3, 0.4) is 0 Å². The average molecular weight is 316 g/mol. The van der Waals surface area contributed by atoms with Crippen molar-refractivity contribution in [1.82, 2.24) is 25.2 Å². The van der Waals surface area contributed by atoms with Gasteiger partial charge >= 0.3 is 6.03 Å². The summed E-state index contributed by atoms with van der Waals surface area (Å²) in [5.41, 5.74) is 1.02. The molecule has 2 aromatic rings. The molecular weight excluding hydrogens is 296 g/mol. The Bertz CT molecular complexity index is 668. The number of anilines is 1. The molecule has 0 radical (unpaired) electrons. The summed E-state index contributed by atoms with van der Waals surface area (Å²) in [6.07, 6.45) is 1.40. The third kappa shape index (κ3) is 4.80. The van der Waals surface area contributed by atoms with Crippen molar-refractivity contribution in [3.63, 3.8) is 0 Å². The first-order chi connectivity index (χ1) is 11.0. The van der Waals surface area contributed by atoms with Gasteiger partial charge in [-0.15, -0.1) is 5.10 Å². The van der Waals surface area contributed by atoms with E-state index in [4.69, 9.17) is 0 Å². The van der Waals surface area contributed by atoms with E-state index in [0.717, 1.165) is 5.56 Å². The molecule has 23 heavy (non-hydrogen) atoms. The van der Waals surface area contributed by atoms with Crippen molar-refractivity contribution >= 4 is 17.8 Å². The number of aromatic nitrogens is 3. The SMILES string of the molecule is CC(NC(=O)Cn1ncc(NC(=O)N(C)C)n1)c1ccccc1. The summed E-state index contributed by atoms with van der Waals surface area (Å²) in [7, 11) is 3.25. The lowest BCUT2D eigenvalue weighted by Gasteiger charge is -2.13. The average Bonchev–Trinajstić information content (AvgIpc) is 2.94. The highest BCUT2D eigenvalue weighted by Gasteiger charge is 2.12. The van der Waals surface area contributed by atoms with Gasteiger partial charge in [-0.25, -0.2) is 4.79 Å². The molecule has 3 amide bonds. The van der Waals surface area contributed by atoms with Gasteiger partial charge in [0.15, 0.2) is 5.82 Å². The minimum absolute atomic E-state index is 0.0188. The van der Waals surface area contributed by atoms with E-state index in [1.165, 1.54) is 15.9 Å². The number of amides is 3. The Hall–Kier alpha value is -2.90. The molecular formula is C15H20N6O2. The van der Waals surface area contributed by atoms with Gasteiger partial charge in [0.25, 0.3) is 0 Å². The molecule has 0 saturated carbocycles. The number of nitrogens with zero attached hydrogens (tertiary/aromatic N) is 4. The van der Waals surface area contributed by atoms with Crippen molar-refractivity contribution in [2.24, 2.45) is 0 Å². The molecule has 0 aliphatic rings. The van der Waals surface area contributed by atoms with E-state index < -0.39 is 0 Å². The summed E-state index contributed by atoms with van der Waals surface area (Å²) in [5.74, 6) is 0.0926. The second-order valence-corrected chi connectivity index (χ2v) is 5.28. The Morgan fingerprint density at radius 2 is 1.96 bits per heavy atom. The summed E-state index contributed by atoms with van der Waals surface area (Å²) < 4.78 is 0. The standard InChI is InChI=1S/C15H20N6O2/c1-11(12-7-5-4-6-8-12)17-14(22)10-21-16-9-13(19-21)18-15(23)20(2)3/h4-9,11H,10H2,1-3H3,(H,17,22)(H,18,19,23). The van der Waals surface area contributed by atoms with Crippen LogP contribution in [-0.4, -0.2) is 45.9 Å². The third-order valence-electron chi connectivity index (χ3n) is 3.14. The van der Waals surface area contributed by atoms with E-state index in [2.05, 4.69) is 20.8 Å². The fraction of sp³-hybridized carbons (Fsp3) is 0.333. The molecule has 8 nitrogen and oxygen atoms in total. The molecule has 1 aromatic carbocycles. The Kier molecular flexibility index (Phi) is 5.29. The van der Waals surface area contributed by atoms with Gasteiger partial charge in [-0.3, -0.25) is 10.1 Å². The number of hydrogen-bond donors (Lipinski definition) is 2. The van der Waals surface area contributed by atoms with Gasteiger partial charge in [0.2, 0.25) is 5.91 Å². The Morgan fingerprint density at radius 1 is 1.26 bits per heavy atom. The van der Waals surface area contributed by atoms with Crippen molar-refractivity contribution < 1.29 is 9.59 Å². The molecule has 0 spiro atoms. The zero-order valence-corrected chi connectivity index (χ0v) is 13.4. The van der Waals surface area contributed by atoms with Gasteiger partial charge < -0.3 is 10.2 Å². The smallest absolute Gasteiger partial charge is 0.322 e. The quantitative estimate of drug-likeness (QED) is 0.868. The largest absolute Gasteiger partial charge is 0.348 e. The van der Waals surface area contributed by atoms with Crippen LogP contribution in [0.1, 0.15) is 18.5 Å². The van der Waals surface area contributed by atoms with E-state index in [1.54, 1.807) is 14.1 Å². The molecule has 1 heterocycles. The van der Waals surface area contributed by atoms with Crippen LogP contribution in [0.5, 0.6) is 0 Å². The van der Waals surface area contributed by atoms with E-state index >= 15 is 0 Å². The maximum Gasteiger partial charge on any atom is 0.322 e. The summed E-state index contributed by atoms with van der Waals surface area (Å²) in [5, 5.41) is 13.4. The summed E-state index contributed by atoms with van der Waals surface area (Å²) in [4.78, 5) is 26.1. The first-order valence-corrected chi connectivity index (χ1v) is 7.18. The van der Waals surface area contributed by atoms with Gasteiger partial charge in [-0.2, -0.15) is 9.90 Å². The molecule has 0 fully saturated rings. The number of benzene rings is 1. The van der Waals surface area contributed by atoms with Crippen molar-refractivity contribution in [3.05, 3.63) is 42.1 Å². The van der Waals surface area contributed by atoms with Crippen molar-refractivity contribution in [2.45, 2.75) is 19.5 Å². The van der Waals surface area contributed by atoms with Gasteiger partial charge in [-0.05, 0) is 12.5 Å². The lowest BCUT2D eigenvalue weighted by atomic mass is 10.1. The first kappa shape index (κ1) is 16.5. The zero-order valence-electron chi connectivity index (χ0n) is 13.4. The molecule has 0 aliphatic carbocycles. The number of hydrogen-bond acceptors (Lipinski definition) is 4. The molecule has 1 atom stereocenters. The van der Waals surface area contributed by atoms with E-state index in [-0.39, 0.29) is 24.5 Å². The van der Waals surface area contributed by atoms with Crippen LogP contribution in [0.2, 0.25) is 0 Å². The van der Waals surface area contributed by atoms with Crippen LogP contribution in [0.15, 0.2) is 36.5 Å². The molecule has 0 bridgehead atoms. The molecule has 2 N–H and O–H groups in total. The van der Waals surface area contributed by atoms with E-state index in [9.17, 15) is 9.59 Å². The highest BCUT2D eigenvalue weighted by molar-refractivity contribution is 5.87. The maximum atomic E-state index is 12.0. The topological polar surface area (TPSA) is 92.2 Å². The van der Waals surface area contributed by atoms with Crippen LogP contribution in [0.25, 0.3) is 0 Å². The van der Waals surface area contributed by atoms with E-state index in [1.807, 2.05) is 37.3 Å². The molecule has 8 heteroatoms. The second kappa shape index (κ2) is 7.39. The molecule has 2 rings (SSSR count). The number of carbonyl (C=O) groups is 2. The molecule has 122 valence electrons. The Morgan fingerprint density at radius 3 is 2.61 bits per heavy atom. The van der Waals surface area contributed by atoms with Crippen LogP contribution < -0.4 is 10.6 Å². The number of rotatable bonds is 5. The summed E-state index contributed by atoms with van der Waals surface area (Å²) in [6.45, 7) is 1.89. The molecule has 0 saturated heterocycles. The molecule has 1 unspecified atom stereocenters. The highest BCUT2D eigenvalue weighted by atomic mass is 16.2. The third-order valence-corrected chi connectivity index (χ3v) is 3.14. The number of urea groups is 1. The van der Waals surface area contributed by atoms with E-state index in [0.29, 0.717) is 5.82 Å². The predicted molar refractivity (Wildman–Crippen MR) is 85.7 cm³/mol. The van der Waals surface area contributed by atoms with Gasteiger partial charge in [0.05, 0.1) is 12.2 Å². The first-order valence-electron chi connectivity index (χ1n) is 7.18. The second-order valence-electron chi connectivity index (χ2n) is 5.28. The normalized spacial score (nSPS) is 11.6. The minimum Gasteiger partial charge on any atom is -0.348 e. The molecule has 0 aliphatic heterocycles. The predicted octanol–water partition coefficient (Wildman–Crippen LogP) is 1.25. The van der Waals surface area contributed by atoms with Crippen molar-refractivity contribution in [2.75, 3.05) is 19.4 Å². The summed E-state index contributed by atoms with van der Waals surface area (Å²) in [6, 6.07) is 9.26. The lowest BCUT2D eigenvalue weighted by Crippen LogP contribution is -2.31. The van der Waals surface area contributed by atoms with Crippen LogP contribution in [0, 0.1) is 0 Å². The van der Waals surface area contributed by atoms with Crippen molar-refractivity contribution in [1.29, 1.82) is 0 Å². The monoisotopic (exact) mass is 316 g/mol. The van der Waals surface area contributed by atoms with Crippen LogP contribution in [0.4, 0.5) is 10.6 Å². The fourth-order valence-electron chi connectivity index (χ4n) is 1.89. The van der Waals surface area contributed by atoms with Crippen LogP contribution >= 0.6 is 0 Å². The fourth-order valence-corrected chi connectivity index (χ4v) is 1.89.